The van der Waals surface area contributed by atoms with Gasteiger partial charge in [0.1, 0.15) is 0 Å². The summed E-state index contributed by atoms with van der Waals surface area (Å²) in [5, 5.41) is 7.78. The second-order valence-corrected chi connectivity index (χ2v) is 25.5. The number of hydrogen-bond acceptors (Lipinski definition) is 4. The Morgan fingerprint density at radius 2 is 0.420 bits per heavy atom. The maximum Gasteiger partial charge on any atom is 0.340 e. The zero-order valence-electron chi connectivity index (χ0n) is 53.4. The maximum absolute atomic E-state index is 16.4. The Morgan fingerprint density at radius 1 is 0.160 bits per heavy atom. The fourth-order valence-electron chi connectivity index (χ4n) is 15.9. The van der Waals surface area contributed by atoms with Crippen LogP contribution in [0, 0.1) is 0 Å². The summed E-state index contributed by atoms with van der Waals surface area (Å²) < 4.78 is 14.8. The SMILES string of the molecule is O=c1c2c3c4ccccc4n(-c4ccccc4)c3ccc2n(-c2ccccc2)c(=O)n1-c1cccc(-c2cccc(-n3c4ccccc4c4c5c(=O)n(-c6ccc7c(c6)c6ccccc6n7-c6ccccc6)c(=O)n(-c6ccc7c(c6)c6ccccc6n7-c6ccccc6)c5ccc43)c2)c1. The summed E-state index contributed by atoms with van der Waals surface area (Å²) in [4.78, 5) is 63.8. The first-order chi connectivity index (χ1) is 49.3. The standard InChI is InChI=1S/C88H54N8O4/c97-85-83-79(49-47-77-81(83)67-37-15-19-41-73(67)91(77)59-29-9-3-10-30-59)93(60-31-11-4-12-32-60)87(99)95(85)62-34-22-24-56(52-62)55-23-21-33-61(51-55)92-74-42-20-16-38-68(74)82-78(92)48-50-80-84(82)86(98)96(64-44-46-76-70(54-64)66-36-14-18-40-72(66)90(76)58-27-7-2-8-28-58)88(100)94(80)63-43-45-75-69(53-63)65-35-13-17-39-71(65)89(75)57-25-5-1-6-26-57/h1-54H. The van der Waals surface area contributed by atoms with Crippen molar-refractivity contribution in [3.05, 3.63) is 369 Å². The topological polar surface area (TPSA) is 108 Å². The minimum Gasteiger partial charge on any atom is -0.309 e. The van der Waals surface area contributed by atoms with Gasteiger partial charge in [0.2, 0.25) is 0 Å². The lowest BCUT2D eigenvalue weighted by molar-refractivity contribution is 0.836. The van der Waals surface area contributed by atoms with Crippen LogP contribution in [0.5, 0.6) is 0 Å². The first-order valence-corrected chi connectivity index (χ1v) is 33.3. The number of nitrogens with zero attached hydrogens (tertiary/aromatic N) is 8. The molecule has 20 aromatic rings. The zero-order valence-corrected chi connectivity index (χ0v) is 53.4. The van der Waals surface area contributed by atoms with Gasteiger partial charge in [0, 0.05) is 65.8 Å². The van der Waals surface area contributed by atoms with Gasteiger partial charge in [-0.2, -0.15) is 0 Å². The normalized spacial score (nSPS) is 12.0. The third-order valence-electron chi connectivity index (χ3n) is 20.1. The number of rotatable bonds is 9. The number of benzene rings is 14. The molecule has 0 unspecified atom stereocenters. The Bertz CT molecular complexity index is 7110. The van der Waals surface area contributed by atoms with Crippen molar-refractivity contribution in [3.8, 4) is 56.6 Å². The average Bonchev–Trinajstić information content (AvgIpc) is 1.42. The quantitative estimate of drug-likeness (QED) is 0.143. The van der Waals surface area contributed by atoms with Gasteiger partial charge < -0.3 is 18.3 Å². The summed E-state index contributed by atoms with van der Waals surface area (Å²) in [5.74, 6) is 0. The molecule has 0 saturated heterocycles. The largest absolute Gasteiger partial charge is 0.340 e. The van der Waals surface area contributed by atoms with Gasteiger partial charge in [-0.25, -0.2) is 18.7 Å². The van der Waals surface area contributed by atoms with Crippen LogP contribution in [0.3, 0.4) is 0 Å². The van der Waals surface area contributed by atoms with Crippen LogP contribution in [-0.4, -0.2) is 36.5 Å². The van der Waals surface area contributed by atoms with Gasteiger partial charge in [-0.1, -0.05) is 170 Å². The molecular weight excluding hydrogens is 1230 g/mol. The molecule has 6 heterocycles. The summed E-state index contributed by atoms with van der Waals surface area (Å²) in [6.45, 7) is 0. The molecule has 0 radical (unpaired) electrons. The molecule has 0 fully saturated rings. The molecule has 12 nitrogen and oxygen atoms in total. The third-order valence-corrected chi connectivity index (χ3v) is 20.1. The second kappa shape index (κ2) is 21.8. The van der Waals surface area contributed by atoms with E-state index in [2.05, 4.69) is 109 Å². The number of fused-ring (bicyclic) bond motifs is 16. The molecule has 0 aliphatic heterocycles. The van der Waals surface area contributed by atoms with E-state index in [0.29, 0.717) is 49.9 Å². The van der Waals surface area contributed by atoms with E-state index in [4.69, 9.17) is 0 Å². The van der Waals surface area contributed by atoms with Crippen molar-refractivity contribution in [2.45, 2.75) is 0 Å². The van der Waals surface area contributed by atoms with Crippen molar-refractivity contribution in [2.24, 2.45) is 0 Å². The fourth-order valence-corrected chi connectivity index (χ4v) is 15.9. The summed E-state index contributed by atoms with van der Waals surface area (Å²) >= 11 is 0. The average molecular weight is 1290 g/mol. The van der Waals surface area contributed by atoms with Gasteiger partial charge in [0.25, 0.3) is 11.1 Å². The smallest absolute Gasteiger partial charge is 0.309 e. The lowest BCUT2D eigenvalue weighted by atomic mass is 10.0. The highest BCUT2D eigenvalue weighted by molar-refractivity contribution is 6.22. The van der Waals surface area contributed by atoms with E-state index in [1.165, 1.54) is 9.13 Å². The van der Waals surface area contributed by atoms with E-state index < -0.39 is 22.5 Å². The molecule has 6 aromatic heterocycles. The highest BCUT2D eigenvalue weighted by Crippen LogP contribution is 2.41. The molecule has 0 saturated carbocycles. The van der Waals surface area contributed by atoms with Crippen LogP contribution in [0.1, 0.15) is 0 Å². The minimum absolute atomic E-state index is 0.374. The molecular formula is C88H54N8O4. The zero-order chi connectivity index (χ0) is 66.4. The lowest BCUT2D eigenvalue weighted by Gasteiger charge is -2.17. The van der Waals surface area contributed by atoms with Crippen molar-refractivity contribution in [3.63, 3.8) is 0 Å². The molecule has 0 aliphatic rings. The number of aromatic nitrogens is 8. The van der Waals surface area contributed by atoms with Crippen LogP contribution in [0.2, 0.25) is 0 Å². The molecule has 14 aromatic carbocycles. The van der Waals surface area contributed by atoms with Gasteiger partial charge >= 0.3 is 11.4 Å². The van der Waals surface area contributed by atoms with Crippen LogP contribution in [0.15, 0.2) is 347 Å². The van der Waals surface area contributed by atoms with E-state index in [0.717, 1.165) is 116 Å². The van der Waals surface area contributed by atoms with Gasteiger partial charge in [-0.3, -0.25) is 18.7 Å². The van der Waals surface area contributed by atoms with Crippen molar-refractivity contribution < 1.29 is 0 Å². The maximum atomic E-state index is 16.4. The second-order valence-electron chi connectivity index (χ2n) is 25.5. The molecule has 0 spiro atoms. The van der Waals surface area contributed by atoms with Crippen molar-refractivity contribution in [2.75, 3.05) is 0 Å². The summed E-state index contributed by atoms with van der Waals surface area (Å²) in [6.07, 6.45) is 0. The van der Waals surface area contributed by atoms with Crippen LogP contribution >= 0.6 is 0 Å². The first-order valence-electron chi connectivity index (χ1n) is 33.3. The molecule has 0 atom stereocenters. The minimum atomic E-state index is -0.512. The van der Waals surface area contributed by atoms with Crippen molar-refractivity contribution in [1.82, 2.24) is 36.5 Å². The monoisotopic (exact) mass is 1290 g/mol. The molecule has 100 heavy (non-hydrogen) atoms. The molecule has 470 valence electrons. The van der Waals surface area contributed by atoms with Crippen LogP contribution in [0.4, 0.5) is 0 Å². The predicted molar refractivity (Wildman–Crippen MR) is 407 cm³/mol. The van der Waals surface area contributed by atoms with E-state index >= 15 is 19.2 Å². The van der Waals surface area contributed by atoms with Crippen molar-refractivity contribution in [1.29, 1.82) is 0 Å². The van der Waals surface area contributed by atoms with Gasteiger partial charge in [-0.15, -0.1) is 0 Å². The Hall–Kier alpha value is -13.8. The molecule has 0 N–H and O–H groups in total. The van der Waals surface area contributed by atoms with Crippen LogP contribution < -0.4 is 22.5 Å². The Labute approximate surface area is 568 Å². The predicted octanol–water partition coefficient (Wildman–Crippen LogP) is 18.7. The molecule has 0 bridgehead atoms. The Kier molecular flexibility index (Phi) is 12.3. The fraction of sp³-hybridized carbons (Fsp3) is 0. The van der Waals surface area contributed by atoms with E-state index in [1.807, 2.05) is 237 Å². The highest BCUT2D eigenvalue weighted by Gasteiger charge is 2.27. The van der Waals surface area contributed by atoms with Crippen LogP contribution in [0.25, 0.3) is 166 Å². The summed E-state index contributed by atoms with van der Waals surface area (Å²) in [6, 6.07) is 109. The lowest BCUT2D eigenvalue weighted by Crippen LogP contribution is -2.38. The van der Waals surface area contributed by atoms with Crippen LogP contribution in [-0.2, 0) is 0 Å². The molecule has 20 rings (SSSR count). The van der Waals surface area contributed by atoms with Gasteiger partial charge in [0.15, 0.2) is 0 Å². The molecule has 12 heteroatoms. The third kappa shape index (κ3) is 8.22. The molecule has 0 aliphatic carbocycles. The number of para-hydroxylation sites is 8. The van der Waals surface area contributed by atoms with E-state index in [9.17, 15) is 0 Å². The Balaban J connectivity index is 0.800. The molecule has 0 amide bonds. The summed E-state index contributed by atoms with van der Waals surface area (Å²) in [7, 11) is 0. The van der Waals surface area contributed by atoms with Gasteiger partial charge in [-0.05, 0) is 169 Å². The van der Waals surface area contributed by atoms with Crippen molar-refractivity contribution >= 4 is 109 Å². The highest BCUT2D eigenvalue weighted by atomic mass is 16.2. The number of hydrogen-bond donors (Lipinski definition) is 0. The van der Waals surface area contributed by atoms with Gasteiger partial charge in [0.05, 0.1) is 88.7 Å². The van der Waals surface area contributed by atoms with E-state index in [-0.39, 0.29) is 0 Å². The summed E-state index contributed by atoms with van der Waals surface area (Å²) in [5.41, 5.74) is 13.7. The van der Waals surface area contributed by atoms with E-state index in [1.54, 1.807) is 9.13 Å². The Morgan fingerprint density at radius 3 is 0.830 bits per heavy atom. The first kappa shape index (κ1) is 56.5.